The molecule has 2 aliphatic carbocycles. The van der Waals surface area contributed by atoms with E-state index in [9.17, 15) is 14.7 Å². The van der Waals surface area contributed by atoms with Crippen molar-refractivity contribution in [2.45, 2.75) is 39.7 Å². The first-order valence-corrected chi connectivity index (χ1v) is 5.49. The Kier molecular flexibility index (Phi) is 2.05. The third-order valence-corrected chi connectivity index (χ3v) is 5.31. The van der Waals surface area contributed by atoms with Crippen LogP contribution in [0.5, 0.6) is 0 Å². The van der Waals surface area contributed by atoms with Gasteiger partial charge < -0.3 is 5.11 Å². The molecule has 5 nitrogen and oxygen atoms in total. The Balaban J connectivity index is 2.63. The van der Waals surface area contributed by atoms with E-state index in [1.54, 1.807) is 0 Å². The minimum atomic E-state index is -1.23. The number of hydrazine groups is 1. The summed E-state index contributed by atoms with van der Waals surface area (Å²) in [7, 11) is 0. The van der Waals surface area contributed by atoms with Crippen LogP contribution in [-0.2, 0) is 9.59 Å². The average Bonchev–Trinajstić information content (AvgIpc) is 2.51. The Labute approximate surface area is 94.4 Å². The lowest BCUT2D eigenvalue weighted by Crippen LogP contribution is -2.54. The van der Waals surface area contributed by atoms with E-state index >= 15 is 0 Å². The van der Waals surface area contributed by atoms with Gasteiger partial charge in [-0.15, -0.1) is 0 Å². The van der Waals surface area contributed by atoms with Crippen LogP contribution >= 0.6 is 0 Å². The highest BCUT2D eigenvalue weighted by Crippen LogP contribution is 2.70. The molecule has 0 aromatic heterocycles. The van der Waals surface area contributed by atoms with Gasteiger partial charge in [0.15, 0.2) is 5.78 Å². The van der Waals surface area contributed by atoms with Crippen molar-refractivity contribution in [1.82, 2.24) is 5.43 Å². The topological polar surface area (TPSA) is 92.4 Å². The molecule has 0 unspecified atom stereocenters. The van der Waals surface area contributed by atoms with Crippen LogP contribution in [0.2, 0.25) is 0 Å². The lowest BCUT2D eigenvalue weighted by molar-refractivity contribution is -0.148. The molecule has 0 radical (unpaired) electrons. The van der Waals surface area contributed by atoms with Crippen LogP contribution in [0.4, 0.5) is 0 Å². The van der Waals surface area contributed by atoms with Crippen LogP contribution in [0.25, 0.3) is 0 Å². The summed E-state index contributed by atoms with van der Waals surface area (Å²) in [4.78, 5) is 24.0. The standard InChI is InChI=1S/C11H18N2O3/c1-9(2)10(3)4-5-11(9,8(16)13-12)7(15)6(10)14/h7,15H,4-5,12H2,1-3H3,(H,13,16)/t7-,10+,11-/m0/s1. The van der Waals surface area contributed by atoms with Gasteiger partial charge in [0.1, 0.15) is 6.10 Å². The van der Waals surface area contributed by atoms with Gasteiger partial charge in [0.05, 0.1) is 5.41 Å². The number of amides is 1. The number of ketones is 1. The maximum atomic E-state index is 12.1. The molecule has 2 aliphatic rings. The molecule has 4 N–H and O–H groups in total. The maximum Gasteiger partial charge on any atom is 0.243 e. The summed E-state index contributed by atoms with van der Waals surface area (Å²) in [6.45, 7) is 5.56. The Hall–Kier alpha value is -0.940. The number of Topliss-reactive ketones (excluding diaryl/α,β-unsaturated/α-hetero) is 1. The smallest absolute Gasteiger partial charge is 0.243 e. The summed E-state index contributed by atoms with van der Waals surface area (Å²) < 4.78 is 0. The molecule has 16 heavy (non-hydrogen) atoms. The summed E-state index contributed by atoms with van der Waals surface area (Å²) in [6, 6.07) is 0. The molecule has 2 rings (SSSR count). The van der Waals surface area contributed by atoms with Crippen molar-refractivity contribution >= 4 is 11.7 Å². The third-order valence-electron chi connectivity index (χ3n) is 5.31. The molecular weight excluding hydrogens is 208 g/mol. The van der Waals surface area contributed by atoms with Gasteiger partial charge in [-0.2, -0.15) is 0 Å². The van der Waals surface area contributed by atoms with E-state index in [1.807, 2.05) is 20.8 Å². The number of nitrogens with one attached hydrogen (secondary N) is 1. The molecule has 90 valence electrons. The lowest BCUT2D eigenvalue weighted by Gasteiger charge is -2.38. The Morgan fingerprint density at radius 3 is 2.38 bits per heavy atom. The Bertz CT molecular complexity index is 379. The van der Waals surface area contributed by atoms with Crippen molar-refractivity contribution in [1.29, 1.82) is 0 Å². The molecule has 0 saturated heterocycles. The fourth-order valence-corrected chi connectivity index (χ4v) is 3.65. The van der Waals surface area contributed by atoms with Crippen LogP contribution in [0, 0.1) is 16.2 Å². The summed E-state index contributed by atoms with van der Waals surface area (Å²) >= 11 is 0. The monoisotopic (exact) mass is 226 g/mol. The molecule has 0 aromatic carbocycles. The van der Waals surface area contributed by atoms with Crippen LogP contribution in [0.15, 0.2) is 0 Å². The van der Waals surface area contributed by atoms with E-state index in [0.717, 1.165) is 0 Å². The van der Waals surface area contributed by atoms with Gasteiger partial charge >= 0.3 is 0 Å². The van der Waals surface area contributed by atoms with Crippen molar-refractivity contribution in [3.63, 3.8) is 0 Å². The minimum Gasteiger partial charge on any atom is -0.384 e. The van der Waals surface area contributed by atoms with E-state index in [1.165, 1.54) is 0 Å². The second-order valence-corrected chi connectivity index (χ2v) is 5.67. The SMILES string of the molecule is CC1(C)[C@]2(C)CC[C@@]1(C(=O)NN)[C@@H](O)C2=O. The van der Waals surface area contributed by atoms with Crippen molar-refractivity contribution in [2.24, 2.45) is 22.1 Å². The zero-order valence-electron chi connectivity index (χ0n) is 9.83. The number of carbonyl (C=O) groups excluding carboxylic acids is 2. The highest BCUT2D eigenvalue weighted by atomic mass is 16.3. The molecule has 2 saturated carbocycles. The molecule has 2 fully saturated rings. The summed E-state index contributed by atoms with van der Waals surface area (Å²) in [5.74, 6) is 4.52. The number of hydrogen-bond donors (Lipinski definition) is 3. The van der Waals surface area contributed by atoms with E-state index in [4.69, 9.17) is 5.84 Å². The summed E-state index contributed by atoms with van der Waals surface area (Å²) in [5, 5.41) is 10.1. The van der Waals surface area contributed by atoms with Crippen LogP contribution in [0.1, 0.15) is 33.6 Å². The molecule has 3 atom stereocenters. The molecule has 0 heterocycles. The highest BCUT2D eigenvalue weighted by molar-refractivity contribution is 6.02. The van der Waals surface area contributed by atoms with E-state index < -0.39 is 28.3 Å². The first-order chi connectivity index (χ1) is 7.25. The van der Waals surface area contributed by atoms with Gasteiger partial charge in [-0.05, 0) is 18.3 Å². The normalized spacial score (nSPS) is 44.8. The second-order valence-electron chi connectivity index (χ2n) is 5.67. The number of nitrogens with two attached hydrogens (primary N) is 1. The number of fused-ring (bicyclic) bond motifs is 2. The third kappa shape index (κ3) is 0.822. The molecule has 5 heteroatoms. The Morgan fingerprint density at radius 2 is 2.00 bits per heavy atom. The van der Waals surface area contributed by atoms with Crippen molar-refractivity contribution in [3.8, 4) is 0 Å². The van der Waals surface area contributed by atoms with Crippen molar-refractivity contribution in [2.75, 3.05) is 0 Å². The fraction of sp³-hybridized carbons (Fsp3) is 0.818. The highest BCUT2D eigenvalue weighted by Gasteiger charge is 2.77. The van der Waals surface area contributed by atoms with Gasteiger partial charge in [-0.25, -0.2) is 5.84 Å². The number of aliphatic hydroxyl groups is 1. The Morgan fingerprint density at radius 1 is 1.44 bits per heavy atom. The maximum absolute atomic E-state index is 12.1. The zero-order valence-corrected chi connectivity index (χ0v) is 9.83. The van der Waals surface area contributed by atoms with Crippen molar-refractivity contribution < 1.29 is 14.7 Å². The first-order valence-electron chi connectivity index (χ1n) is 5.49. The summed E-state index contributed by atoms with van der Waals surface area (Å²) in [6.07, 6.45) is -0.0970. The van der Waals surface area contributed by atoms with Gasteiger partial charge in [-0.1, -0.05) is 20.8 Å². The van der Waals surface area contributed by atoms with Gasteiger partial charge in [-0.3, -0.25) is 15.0 Å². The largest absolute Gasteiger partial charge is 0.384 e. The van der Waals surface area contributed by atoms with Crippen LogP contribution in [-0.4, -0.2) is 22.9 Å². The fourth-order valence-electron chi connectivity index (χ4n) is 3.65. The van der Waals surface area contributed by atoms with Gasteiger partial charge in [0.25, 0.3) is 0 Å². The molecule has 0 aromatic rings. The molecular formula is C11H18N2O3. The number of rotatable bonds is 1. The van der Waals surface area contributed by atoms with Crippen LogP contribution in [0.3, 0.4) is 0 Å². The number of aliphatic hydroxyl groups excluding tert-OH is 1. The predicted octanol–water partition coefficient (Wildman–Crippen LogP) is -0.267. The number of carbonyl (C=O) groups is 2. The van der Waals surface area contributed by atoms with E-state index in [2.05, 4.69) is 5.43 Å². The zero-order chi connectivity index (χ0) is 12.4. The second kappa shape index (κ2) is 2.84. The molecule has 2 bridgehead atoms. The summed E-state index contributed by atoms with van der Waals surface area (Å²) in [5.41, 5.74) is -0.159. The number of hydrogen-bond acceptors (Lipinski definition) is 4. The van der Waals surface area contributed by atoms with Gasteiger partial charge in [0, 0.05) is 5.41 Å². The quantitative estimate of drug-likeness (QED) is 0.326. The molecule has 0 aliphatic heterocycles. The van der Waals surface area contributed by atoms with Crippen molar-refractivity contribution in [3.05, 3.63) is 0 Å². The van der Waals surface area contributed by atoms with E-state index in [0.29, 0.717) is 12.8 Å². The molecule has 0 spiro atoms. The average molecular weight is 226 g/mol. The molecule has 1 amide bonds. The van der Waals surface area contributed by atoms with Crippen LogP contribution < -0.4 is 11.3 Å². The predicted molar refractivity (Wildman–Crippen MR) is 56.9 cm³/mol. The lowest BCUT2D eigenvalue weighted by atomic mass is 9.64. The minimum absolute atomic E-state index is 0.229. The van der Waals surface area contributed by atoms with E-state index in [-0.39, 0.29) is 5.78 Å². The first kappa shape index (κ1) is 11.5. The van der Waals surface area contributed by atoms with Gasteiger partial charge in [0.2, 0.25) is 5.91 Å².